The lowest BCUT2D eigenvalue weighted by atomic mass is 10.1. The molecule has 6 heteroatoms. The summed E-state index contributed by atoms with van der Waals surface area (Å²) >= 11 is 0. The normalized spacial score (nSPS) is 10.3. The van der Waals surface area contributed by atoms with Gasteiger partial charge in [0.2, 0.25) is 0 Å². The summed E-state index contributed by atoms with van der Waals surface area (Å²) in [5.74, 6) is 0.583. The highest BCUT2D eigenvalue weighted by atomic mass is 16.5. The van der Waals surface area contributed by atoms with Gasteiger partial charge in [-0.1, -0.05) is 6.07 Å². The number of ether oxygens (including phenoxy) is 1. The van der Waals surface area contributed by atoms with E-state index in [1.54, 1.807) is 18.2 Å². The molecule has 0 atom stereocenters. The molecule has 100 valence electrons. The highest BCUT2D eigenvalue weighted by molar-refractivity contribution is 6.09. The van der Waals surface area contributed by atoms with Crippen LogP contribution in [0.4, 0.5) is 11.5 Å². The van der Waals surface area contributed by atoms with E-state index in [-0.39, 0.29) is 5.91 Å². The van der Waals surface area contributed by atoms with E-state index in [0.29, 0.717) is 22.8 Å². The number of nitrogens with zero attached hydrogens (tertiary/aromatic N) is 1. The average molecular weight is 260 g/mol. The molecule has 1 heterocycles. The molecule has 4 N–H and O–H groups in total. The Morgan fingerprint density at radius 1 is 1.42 bits per heavy atom. The van der Waals surface area contributed by atoms with E-state index < -0.39 is 0 Å². The van der Waals surface area contributed by atoms with Crippen LogP contribution in [-0.4, -0.2) is 23.2 Å². The van der Waals surface area contributed by atoms with Crippen molar-refractivity contribution >= 4 is 17.4 Å². The molecule has 0 spiro atoms. The molecule has 19 heavy (non-hydrogen) atoms. The van der Waals surface area contributed by atoms with Crippen molar-refractivity contribution in [2.24, 2.45) is 0 Å². The fraction of sp³-hybridized carbons (Fsp3) is 0.231. The summed E-state index contributed by atoms with van der Waals surface area (Å²) in [5, 5.41) is 9.56. The molecule has 0 aliphatic carbocycles. The molecule has 0 unspecified atom stereocenters. The van der Waals surface area contributed by atoms with Crippen molar-refractivity contribution in [2.75, 3.05) is 18.2 Å². The monoisotopic (exact) mass is 260 g/mol. The average Bonchev–Trinajstić information content (AvgIpc) is 2.70. The third-order valence-electron chi connectivity index (χ3n) is 2.99. The summed E-state index contributed by atoms with van der Waals surface area (Å²) < 4.78 is 5.15. The Bertz CT molecular complexity index is 619. The molecule has 2 rings (SSSR count). The number of hydrogen-bond acceptors (Lipinski definition) is 4. The van der Waals surface area contributed by atoms with E-state index in [1.807, 2.05) is 13.8 Å². The minimum absolute atomic E-state index is 0.310. The van der Waals surface area contributed by atoms with E-state index in [1.165, 1.54) is 7.11 Å². The molecule has 6 nitrogen and oxygen atoms in total. The number of nitrogens with two attached hydrogens (primary N) is 1. The van der Waals surface area contributed by atoms with Crippen LogP contribution in [0.5, 0.6) is 5.75 Å². The number of aryl methyl sites for hydroxylation is 1. The van der Waals surface area contributed by atoms with Gasteiger partial charge in [0.1, 0.15) is 11.3 Å². The first-order chi connectivity index (χ1) is 9.04. The predicted molar refractivity (Wildman–Crippen MR) is 73.4 cm³/mol. The highest BCUT2D eigenvalue weighted by Crippen LogP contribution is 2.25. The fourth-order valence-corrected chi connectivity index (χ4v) is 1.74. The molecule has 0 aliphatic rings. The number of hydrogen-bond donors (Lipinski definition) is 3. The van der Waals surface area contributed by atoms with Crippen molar-refractivity contribution in [3.8, 4) is 5.75 Å². The molecule has 0 aliphatic heterocycles. The Hall–Kier alpha value is -2.50. The van der Waals surface area contributed by atoms with Crippen LogP contribution in [0.2, 0.25) is 0 Å². The van der Waals surface area contributed by atoms with Gasteiger partial charge in [0.25, 0.3) is 5.91 Å². The summed E-state index contributed by atoms with van der Waals surface area (Å²) in [5.41, 5.74) is 8.30. The van der Waals surface area contributed by atoms with Gasteiger partial charge in [0, 0.05) is 16.9 Å². The lowest BCUT2D eigenvalue weighted by Gasteiger charge is -2.10. The molecule has 1 aromatic heterocycles. The number of benzene rings is 1. The summed E-state index contributed by atoms with van der Waals surface area (Å²) in [4.78, 5) is 12.3. The zero-order valence-electron chi connectivity index (χ0n) is 11.1. The van der Waals surface area contributed by atoms with Crippen LogP contribution < -0.4 is 15.8 Å². The van der Waals surface area contributed by atoms with Gasteiger partial charge in [-0.3, -0.25) is 9.89 Å². The van der Waals surface area contributed by atoms with Crippen molar-refractivity contribution in [1.82, 2.24) is 10.2 Å². The van der Waals surface area contributed by atoms with Gasteiger partial charge in [-0.25, -0.2) is 0 Å². The number of methoxy groups -OCH3 is 1. The van der Waals surface area contributed by atoms with E-state index in [9.17, 15) is 4.79 Å². The van der Waals surface area contributed by atoms with E-state index in [4.69, 9.17) is 10.5 Å². The zero-order valence-corrected chi connectivity index (χ0v) is 11.1. The number of carbonyl (C=O) groups is 1. The van der Waals surface area contributed by atoms with Crippen LogP contribution in [0.1, 0.15) is 21.6 Å². The largest absolute Gasteiger partial charge is 0.496 e. The number of carbonyl (C=O) groups excluding carboxylic acids is 1. The quantitative estimate of drug-likeness (QED) is 0.734. The Labute approximate surface area is 111 Å². The molecule has 0 bridgehead atoms. The summed E-state index contributed by atoms with van der Waals surface area (Å²) in [6, 6.07) is 5.07. The molecule has 0 saturated carbocycles. The van der Waals surface area contributed by atoms with Gasteiger partial charge < -0.3 is 15.8 Å². The van der Waals surface area contributed by atoms with Gasteiger partial charge in [-0.2, -0.15) is 5.10 Å². The number of H-pyrrole nitrogens is 1. The van der Waals surface area contributed by atoms with Gasteiger partial charge in [-0.05, 0) is 26.0 Å². The van der Waals surface area contributed by atoms with E-state index >= 15 is 0 Å². The fourth-order valence-electron chi connectivity index (χ4n) is 1.74. The number of rotatable bonds is 3. The summed E-state index contributed by atoms with van der Waals surface area (Å²) in [7, 11) is 1.50. The maximum atomic E-state index is 12.3. The summed E-state index contributed by atoms with van der Waals surface area (Å²) in [6.07, 6.45) is 0. The van der Waals surface area contributed by atoms with E-state index in [2.05, 4.69) is 15.5 Å². The Balaban J connectivity index is 2.33. The zero-order chi connectivity index (χ0) is 14.0. The van der Waals surface area contributed by atoms with Gasteiger partial charge in [-0.15, -0.1) is 0 Å². The SMILES string of the molecule is COc1cccc(N)c1C(=O)Nc1n[nH]c(C)c1C. The maximum absolute atomic E-state index is 12.3. The van der Waals surface area contributed by atoms with Gasteiger partial charge >= 0.3 is 0 Å². The lowest BCUT2D eigenvalue weighted by molar-refractivity contribution is 0.102. The second-order valence-electron chi connectivity index (χ2n) is 4.20. The molecule has 1 aromatic carbocycles. The van der Waals surface area contributed by atoms with Crippen LogP contribution in [0.15, 0.2) is 18.2 Å². The van der Waals surface area contributed by atoms with Crippen LogP contribution in [0.25, 0.3) is 0 Å². The Morgan fingerprint density at radius 2 is 2.16 bits per heavy atom. The second kappa shape index (κ2) is 5.01. The molecule has 1 amide bonds. The van der Waals surface area contributed by atoms with Crippen molar-refractivity contribution < 1.29 is 9.53 Å². The second-order valence-corrected chi connectivity index (χ2v) is 4.20. The van der Waals surface area contributed by atoms with Crippen molar-refractivity contribution in [2.45, 2.75) is 13.8 Å². The molecular weight excluding hydrogens is 244 g/mol. The molecule has 0 saturated heterocycles. The third kappa shape index (κ3) is 2.37. The first-order valence-electron chi connectivity index (χ1n) is 5.80. The standard InChI is InChI=1S/C13H16N4O2/c1-7-8(2)16-17-12(7)15-13(18)11-9(14)5-4-6-10(11)19-3/h4-6H,14H2,1-3H3,(H2,15,16,17,18). The topological polar surface area (TPSA) is 93.0 Å². The van der Waals surface area contributed by atoms with Crippen LogP contribution in [0, 0.1) is 13.8 Å². The third-order valence-corrected chi connectivity index (χ3v) is 2.99. The predicted octanol–water partition coefficient (Wildman–Crippen LogP) is 1.87. The minimum Gasteiger partial charge on any atom is -0.496 e. The van der Waals surface area contributed by atoms with Crippen LogP contribution >= 0.6 is 0 Å². The smallest absolute Gasteiger partial charge is 0.262 e. The van der Waals surface area contributed by atoms with Crippen LogP contribution in [-0.2, 0) is 0 Å². The first-order valence-corrected chi connectivity index (χ1v) is 5.80. The Kier molecular flexibility index (Phi) is 3.41. The molecule has 0 fully saturated rings. The van der Waals surface area contributed by atoms with Crippen LogP contribution in [0.3, 0.4) is 0 Å². The number of nitrogen functional groups attached to an aromatic ring is 1. The number of amides is 1. The van der Waals surface area contributed by atoms with Crippen molar-refractivity contribution in [1.29, 1.82) is 0 Å². The molecule has 0 radical (unpaired) electrons. The minimum atomic E-state index is -0.343. The van der Waals surface area contributed by atoms with Gasteiger partial charge in [0.15, 0.2) is 5.82 Å². The number of nitrogens with one attached hydrogen (secondary N) is 2. The van der Waals surface area contributed by atoms with Crippen molar-refractivity contribution in [3.05, 3.63) is 35.0 Å². The first kappa shape index (κ1) is 12.9. The lowest BCUT2D eigenvalue weighted by Crippen LogP contribution is -2.16. The van der Waals surface area contributed by atoms with Gasteiger partial charge in [0.05, 0.1) is 7.11 Å². The number of anilines is 2. The highest BCUT2D eigenvalue weighted by Gasteiger charge is 2.18. The summed E-state index contributed by atoms with van der Waals surface area (Å²) in [6.45, 7) is 3.76. The number of aromatic nitrogens is 2. The number of aromatic amines is 1. The Morgan fingerprint density at radius 3 is 2.74 bits per heavy atom. The maximum Gasteiger partial charge on any atom is 0.262 e. The van der Waals surface area contributed by atoms with Crippen molar-refractivity contribution in [3.63, 3.8) is 0 Å². The molecular formula is C13H16N4O2. The molecule has 2 aromatic rings. The van der Waals surface area contributed by atoms with E-state index in [0.717, 1.165) is 11.3 Å².